The van der Waals surface area contributed by atoms with Crippen LogP contribution in [0.3, 0.4) is 0 Å². The molecule has 0 aliphatic carbocycles. The highest BCUT2D eigenvalue weighted by molar-refractivity contribution is 9.10. The Morgan fingerprint density at radius 2 is 2.00 bits per heavy atom. The van der Waals surface area contributed by atoms with E-state index in [0.29, 0.717) is 0 Å². The topological polar surface area (TPSA) is 49.8 Å². The van der Waals surface area contributed by atoms with Crippen LogP contribution in [-0.4, -0.2) is 16.5 Å². The normalized spacial score (nSPS) is 10.3. The lowest BCUT2D eigenvalue weighted by Crippen LogP contribution is -2.06. The largest absolute Gasteiger partial charge is 0.370 e. The molecule has 0 unspecified atom stereocenters. The van der Waals surface area contributed by atoms with Crippen molar-refractivity contribution in [2.75, 3.05) is 17.2 Å². The lowest BCUT2D eigenvalue weighted by Gasteiger charge is -2.12. The summed E-state index contributed by atoms with van der Waals surface area (Å²) in [6.45, 7) is 5.05. The minimum atomic E-state index is 0.826. The van der Waals surface area contributed by atoms with Crippen LogP contribution in [0.15, 0.2) is 35.1 Å². The average molecular weight is 321 g/mol. The Bertz CT molecular complexity index is 557. The molecule has 0 radical (unpaired) electrons. The number of benzene rings is 1. The van der Waals surface area contributed by atoms with Crippen molar-refractivity contribution in [1.29, 1.82) is 0 Å². The summed E-state index contributed by atoms with van der Waals surface area (Å²) in [6.07, 6.45) is 2.64. The predicted octanol–water partition coefficient (Wildman–Crippen LogP) is 4.11. The van der Waals surface area contributed by atoms with Crippen LogP contribution in [-0.2, 0) is 0 Å². The third kappa shape index (κ3) is 3.67. The maximum atomic E-state index is 4.29. The molecule has 0 aliphatic heterocycles. The molecule has 100 valence electrons. The molecule has 1 aromatic carbocycles. The number of hydrogen-bond acceptors (Lipinski definition) is 4. The van der Waals surface area contributed by atoms with E-state index in [-0.39, 0.29) is 0 Å². The number of hydrogen-bond donors (Lipinski definition) is 2. The number of anilines is 3. The monoisotopic (exact) mass is 320 g/mol. The van der Waals surface area contributed by atoms with Gasteiger partial charge in [0.05, 0.1) is 0 Å². The summed E-state index contributed by atoms with van der Waals surface area (Å²) in [4.78, 5) is 8.56. The van der Waals surface area contributed by atoms with Gasteiger partial charge >= 0.3 is 0 Å². The Labute approximate surface area is 121 Å². The summed E-state index contributed by atoms with van der Waals surface area (Å²) in [7, 11) is 0. The predicted molar refractivity (Wildman–Crippen MR) is 83.0 cm³/mol. The second-order valence-corrected chi connectivity index (χ2v) is 5.17. The zero-order valence-corrected chi connectivity index (χ0v) is 12.7. The molecule has 0 spiro atoms. The number of nitrogens with zero attached hydrogens (tertiary/aromatic N) is 2. The van der Waals surface area contributed by atoms with Gasteiger partial charge < -0.3 is 10.6 Å². The minimum absolute atomic E-state index is 0.826. The first kappa shape index (κ1) is 13.8. The fourth-order valence-electron chi connectivity index (χ4n) is 1.70. The third-order valence-electron chi connectivity index (χ3n) is 2.71. The smallest absolute Gasteiger partial charge is 0.138 e. The first-order valence-electron chi connectivity index (χ1n) is 6.28. The van der Waals surface area contributed by atoms with Gasteiger partial charge in [-0.15, -0.1) is 0 Å². The Morgan fingerprint density at radius 3 is 2.74 bits per heavy atom. The molecule has 2 aromatic rings. The summed E-state index contributed by atoms with van der Waals surface area (Å²) < 4.78 is 1.04. The Morgan fingerprint density at radius 1 is 1.21 bits per heavy atom. The van der Waals surface area contributed by atoms with Crippen LogP contribution < -0.4 is 10.6 Å². The lowest BCUT2D eigenvalue weighted by molar-refractivity contribution is 0.960. The van der Waals surface area contributed by atoms with Gasteiger partial charge in [-0.1, -0.05) is 28.9 Å². The van der Waals surface area contributed by atoms with Crippen molar-refractivity contribution in [3.05, 3.63) is 40.6 Å². The molecule has 0 saturated carbocycles. The van der Waals surface area contributed by atoms with Gasteiger partial charge in [-0.25, -0.2) is 9.97 Å². The standard InChI is InChI=1S/C14H17BrN4/c1-3-7-16-13-10(2)14(18-9-17-13)19-12-6-4-5-11(15)8-12/h4-6,8-9H,3,7H2,1-2H3,(H2,16,17,18,19). The first-order chi connectivity index (χ1) is 9.20. The molecule has 0 bridgehead atoms. The highest BCUT2D eigenvalue weighted by Gasteiger charge is 2.06. The van der Waals surface area contributed by atoms with Crippen LogP contribution in [0.1, 0.15) is 18.9 Å². The quantitative estimate of drug-likeness (QED) is 0.870. The highest BCUT2D eigenvalue weighted by atomic mass is 79.9. The zero-order chi connectivity index (χ0) is 13.7. The molecule has 0 amide bonds. The van der Waals surface area contributed by atoms with Crippen LogP contribution in [0.25, 0.3) is 0 Å². The summed E-state index contributed by atoms with van der Waals surface area (Å²) in [5, 5.41) is 6.61. The molecular weight excluding hydrogens is 304 g/mol. The van der Waals surface area contributed by atoms with E-state index in [2.05, 4.69) is 43.5 Å². The molecule has 19 heavy (non-hydrogen) atoms. The molecule has 1 aromatic heterocycles. The molecule has 2 rings (SSSR count). The lowest BCUT2D eigenvalue weighted by atomic mass is 10.2. The Hall–Kier alpha value is -1.62. The highest BCUT2D eigenvalue weighted by Crippen LogP contribution is 2.24. The van der Waals surface area contributed by atoms with Crippen molar-refractivity contribution in [1.82, 2.24) is 9.97 Å². The van der Waals surface area contributed by atoms with Crippen molar-refractivity contribution in [3.63, 3.8) is 0 Å². The van der Waals surface area contributed by atoms with Crippen LogP contribution in [0.4, 0.5) is 17.3 Å². The Kier molecular flexibility index (Phi) is 4.74. The maximum absolute atomic E-state index is 4.29. The van der Waals surface area contributed by atoms with Gasteiger partial charge in [-0.2, -0.15) is 0 Å². The summed E-state index contributed by atoms with van der Waals surface area (Å²) in [5.74, 6) is 1.71. The number of halogens is 1. The van der Waals surface area contributed by atoms with Gasteiger partial charge in [0, 0.05) is 22.3 Å². The van der Waals surface area contributed by atoms with E-state index in [9.17, 15) is 0 Å². The SMILES string of the molecule is CCCNc1ncnc(Nc2cccc(Br)c2)c1C. The molecule has 0 fully saturated rings. The maximum Gasteiger partial charge on any atom is 0.138 e. The summed E-state index contributed by atoms with van der Waals surface area (Å²) >= 11 is 3.46. The molecule has 0 atom stereocenters. The fourth-order valence-corrected chi connectivity index (χ4v) is 2.10. The van der Waals surface area contributed by atoms with Crippen LogP contribution in [0, 0.1) is 6.92 Å². The summed E-state index contributed by atoms with van der Waals surface area (Å²) in [5.41, 5.74) is 2.02. The average Bonchev–Trinajstić information content (AvgIpc) is 2.40. The van der Waals surface area contributed by atoms with E-state index >= 15 is 0 Å². The summed E-state index contributed by atoms with van der Waals surface area (Å²) in [6, 6.07) is 8.00. The van der Waals surface area contributed by atoms with E-state index in [1.165, 1.54) is 0 Å². The minimum Gasteiger partial charge on any atom is -0.370 e. The van der Waals surface area contributed by atoms with Crippen molar-refractivity contribution in [2.45, 2.75) is 20.3 Å². The second-order valence-electron chi connectivity index (χ2n) is 4.26. The van der Waals surface area contributed by atoms with E-state index in [0.717, 1.165) is 40.3 Å². The number of aromatic nitrogens is 2. The molecule has 0 aliphatic rings. The van der Waals surface area contributed by atoms with E-state index in [1.807, 2.05) is 31.2 Å². The molecule has 4 nitrogen and oxygen atoms in total. The fraction of sp³-hybridized carbons (Fsp3) is 0.286. The van der Waals surface area contributed by atoms with Gasteiger partial charge in [0.1, 0.15) is 18.0 Å². The van der Waals surface area contributed by atoms with Gasteiger partial charge in [0.25, 0.3) is 0 Å². The van der Waals surface area contributed by atoms with E-state index in [4.69, 9.17) is 0 Å². The molecular formula is C14H17BrN4. The van der Waals surface area contributed by atoms with Gasteiger partial charge in [0.15, 0.2) is 0 Å². The van der Waals surface area contributed by atoms with Gasteiger partial charge in [-0.3, -0.25) is 0 Å². The molecule has 5 heteroatoms. The van der Waals surface area contributed by atoms with Crippen molar-refractivity contribution in [3.8, 4) is 0 Å². The van der Waals surface area contributed by atoms with Crippen LogP contribution in [0.2, 0.25) is 0 Å². The van der Waals surface area contributed by atoms with Crippen LogP contribution >= 0.6 is 15.9 Å². The molecule has 2 N–H and O–H groups in total. The Balaban J connectivity index is 2.20. The molecule has 1 heterocycles. The second kappa shape index (κ2) is 6.52. The van der Waals surface area contributed by atoms with Crippen LogP contribution in [0.5, 0.6) is 0 Å². The van der Waals surface area contributed by atoms with Crippen molar-refractivity contribution < 1.29 is 0 Å². The zero-order valence-electron chi connectivity index (χ0n) is 11.1. The van der Waals surface area contributed by atoms with Crippen molar-refractivity contribution in [2.24, 2.45) is 0 Å². The first-order valence-corrected chi connectivity index (χ1v) is 7.08. The van der Waals surface area contributed by atoms with Gasteiger partial charge in [0.2, 0.25) is 0 Å². The van der Waals surface area contributed by atoms with Crippen molar-refractivity contribution >= 4 is 33.3 Å². The third-order valence-corrected chi connectivity index (χ3v) is 3.21. The van der Waals surface area contributed by atoms with Gasteiger partial charge in [-0.05, 0) is 31.5 Å². The number of rotatable bonds is 5. The van der Waals surface area contributed by atoms with E-state index in [1.54, 1.807) is 6.33 Å². The number of nitrogens with one attached hydrogen (secondary N) is 2. The molecule has 0 saturated heterocycles. The van der Waals surface area contributed by atoms with E-state index < -0.39 is 0 Å².